The van der Waals surface area contributed by atoms with Crippen LogP contribution < -0.4 is 4.90 Å². The molecule has 11 aromatic rings. The van der Waals surface area contributed by atoms with Crippen molar-refractivity contribution in [3.8, 4) is 33.6 Å². The molecule has 10 aromatic carbocycles. The lowest BCUT2D eigenvalue weighted by molar-refractivity contribution is 0.632. The highest BCUT2D eigenvalue weighted by atomic mass is 16.3. The molecule has 0 bridgehead atoms. The van der Waals surface area contributed by atoms with Gasteiger partial charge in [0.25, 0.3) is 0 Å². The molecule has 1 heterocycles. The number of nitrogens with zero attached hydrogens (tertiary/aromatic N) is 1. The third-order valence-electron chi connectivity index (χ3n) is 11.2. The van der Waals surface area contributed by atoms with Crippen LogP contribution >= 0.6 is 0 Å². The fourth-order valence-corrected chi connectivity index (χ4v) is 8.44. The summed E-state index contributed by atoms with van der Waals surface area (Å²) < 4.78 is 6.46. The van der Waals surface area contributed by atoms with Crippen LogP contribution in [-0.4, -0.2) is 0 Å². The van der Waals surface area contributed by atoms with Crippen molar-refractivity contribution in [3.63, 3.8) is 0 Å². The van der Waals surface area contributed by atoms with Crippen LogP contribution in [0.3, 0.4) is 0 Å². The molecule has 0 amide bonds. The van der Waals surface area contributed by atoms with Crippen molar-refractivity contribution >= 4 is 71.1 Å². The van der Waals surface area contributed by atoms with Crippen molar-refractivity contribution in [2.24, 2.45) is 0 Å². The summed E-state index contributed by atoms with van der Waals surface area (Å²) in [4.78, 5) is 2.38. The van der Waals surface area contributed by atoms with Gasteiger partial charge in [-0.2, -0.15) is 0 Å². The highest BCUT2D eigenvalue weighted by Crippen LogP contribution is 2.42. The molecule has 0 aliphatic heterocycles. The lowest BCUT2D eigenvalue weighted by Gasteiger charge is -2.26. The molecule has 11 rings (SSSR count). The zero-order valence-corrected chi connectivity index (χ0v) is 30.6. The highest BCUT2D eigenvalue weighted by Gasteiger charge is 2.17. The number of benzene rings is 10. The first-order chi connectivity index (χ1) is 27.7. The van der Waals surface area contributed by atoms with Crippen LogP contribution in [0.2, 0.25) is 0 Å². The van der Waals surface area contributed by atoms with Crippen LogP contribution in [0.15, 0.2) is 217 Å². The van der Waals surface area contributed by atoms with Crippen LogP contribution in [0.5, 0.6) is 0 Å². The maximum absolute atomic E-state index is 6.46. The molecule has 0 unspecified atom stereocenters. The Labute approximate surface area is 325 Å². The Morgan fingerprint density at radius 3 is 1.45 bits per heavy atom. The standard InChI is InChI=1S/C54H35NO/c1-2-10-37(11-3-1)49-29-24-40(34-52(49)54-35-43-14-6-9-17-53(43)56-54)36-22-25-44(26-23-36)55(45-27-30-50-41(32-45)20-18-38-12-4-7-15-47(38)50)46-28-31-51-42(33-46)21-19-39-13-5-8-16-48(39)51/h1-35H. The second-order valence-electron chi connectivity index (χ2n) is 14.5. The number of anilines is 3. The van der Waals surface area contributed by atoms with Gasteiger partial charge in [0, 0.05) is 28.0 Å². The minimum atomic E-state index is 0.864. The van der Waals surface area contributed by atoms with Gasteiger partial charge in [0.05, 0.1) is 0 Å². The summed E-state index contributed by atoms with van der Waals surface area (Å²) in [5.74, 6) is 0.864. The third kappa shape index (κ3) is 5.51. The Bertz CT molecular complexity index is 3100. The molecule has 2 nitrogen and oxygen atoms in total. The third-order valence-corrected chi connectivity index (χ3v) is 11.2. The van der Waals surface area contributed by atoms with Gasteiger partial charge in [-0.3, -0.25) is 0 Å². The van der Waals surface area contributed by atoms with Gasteiger partial charge in [0.2, 0.25) is 0 Å². The zero-order valence-electron chi connectivity index (χ0n) is 30.6. The maximum atomic E-state index is 6.46. The Morgan fingerprint density at radius 2 is 0.804 bits per heavy atom. The summed E-state index contributed by atoms with van der Waals surface area (Å²) >= 11 is 0. The molecule has 1 aromatic heterocycles. The number of hydrogen-bond acceptors (Lipinski definition) is 2. The molecule has 2 heteroatoms. The van der Waals surface area contributed by atoms with E-state index < -0.39 is 0 Å². The quantitative estimate of drug-likeness (QED) is 0.160. The van der Waals surface area contributed by atoms with Crippen molar-refractivity contribution < 1.29 is 4.42 Å². The lowest BCUT2D eigenvalue weighted by Crippen LogP contribution is -2.10. The van der Waals surface area contributed by atoms with Gasteiger partial charge in [0.1, 0.15) is 11.3 Å². The van der Waals surface area contributed by atoms with E-state index >= 15 is 0 Å². The molecule has 0 saturated carbocycles. The van der Waals surface area contributed by atoms with Crippen molar-refractivity contribution in [3.05, 3.63) is 212 Å². The molecule has 0 fully saturated rings. The fraction of sp³-hybridized carbons (Fsp3) is 0. The van der Waals surface area contributed by atoms with E-state index in [9.17, 15) is 0 Å². The molecule has 262 valence electrons. The molecule has 0 radical (unpaired) electrons. The summed E-state index contributed by atoms with van der Waals surface area (Å²) in [5.41, 5.74) is 9.85. The second kappa shape index (κ2) is 13.2. The molecular formula is C54H35NO. The van der Waals surface area contributed by atoms with Gasteiger partial charge < -0.3 is 9.32 Å². The highest BCUT2D eigenvalue weighted by molar-refractivity contribution is 6.10. The molecule has 0 aliphatic carbocycles. The van der Waals surface area contributed by atoms with Crippen molar-refractivity contribution in [1.82, 2.24) is 0 Å². The first-order valence-electron chi connectivity index (χ1n) is 19.2. The molecular weight excluding hydrogens is 679 g/mol. The maximum Gasteiger partial charge on any atom is 0.136 e. The van der Waals surface area contributed by atoms with Crippen LogP contribution in [-0.2, 0) is 0 Å². The number of rotatable bonds is 6. The van der Waals surface area contributed by atoms with E-state index in [1.807, 2.05) is 12.1 Å². The van der Waals surface area contributed by atoms with Gasteiger partial charge in [-0.15, -0.1) is 0 Å². The van der Waals surface area contributed by atoms with E-state index in [0.717, 1.165) is 61.6 Å². The molecule has 56 heavy (non-hydrogen) atoms. The van der Waals surface area contributed by atoms with E-state index in [-0.39, 0.29) is 0 Å². The van der Waals surface area contributed by atoms with Gasteiger partial charge in [-0.05, 0) is 120 Å². The monoisotopic (exact) mass is 713 g/mol. The predicted molar refractivity (Wildman–Crippen MR) is 237 cm³/mol. The molecule has 0 N–H and O–H groups in total. The summed E-state index contributed by atoms with van der Waals surface area (Å²) in [6.45, 7) is 0. The number of para-hydroxylation sites is 1. The van der Waals surface area contributed by atoms with Gasteiger partial charge in [-0.1, -0.05) is 158 Å². The normalized spacial score (nSPS) is 11.6. The van der Waals surface area contributed by atoms with Gasteiger partial charge >= 0.3 is 0 Å². The van der Waals surface area contributed by atoms with Crippen molar-refractivity contribution in [2.45, 2.75) is 0 Å². The molecule has 0 aliphatic rings. The Morgan fingerprint density at radius 1 is 0.286 bits per heavy atom. The average molecular weight is 714 g/mol. The fourth-order valence-electron chi connectivity index (χ4n) is 8.44. The van der Waals surface area contributed by atoms with Crippen LogP contribution in [0.1, 0.15) is 0 Å². The smallest absolute Gasteiger partial charge is 0.136 e. The van der Waals surface area contributed by atoms with Crippen LogP contribution in [0, 0.1) is 0 Å². The topological polar surface area (TPSA) is 16.4 Å². The Kier molecular flexibility index (Phi) is 7.53. The van der Waals surface area contributed by atoms with E-state index in [2.05, 4.69) is 205 Å². The zero-order chi connectivity index (χ0) is 37.0. The lowest BCUT2D eigenvalue weighted by atomic mass is 9.93. The van der Waals surface area contributed by atoms with E-state index in [1.165, 1.54) is 43.1 Å². The second-order valence-corrected chi connectivity index (χ2v) is 14.5. The molecule has 0 spiro atoms. The average Bonchev–Trinajstić information content (AvgIpc) is 3.71. The van der Waals surface area contributed by atoms with Crippen molar-refractivity contribution in [2.75, 3.05) is 4.90 Å². The number of fused-ring (bicyclic) bond motifs is 7. The summed E-state index contributed by atoms with van der Waals surface area (Å²) in [6, 6.07) is 76.5. The number of hydrogen-bond donors (Lipinski definition) is 0. The SMILES string of the molecule is c1ccc(-c2ccc(-c3ccc(N(c4ccc5c(ccc6ccccc65)c4)c4ccc5c(ccc6ccccc65)c4)cc3)cc2-c2cc3ccccc3o2)cc1. The van der Waals surface area contributed by atoms with Gasteiger partial charge in [-0.25, -0.2) is 0 Å². The summed E-state index contributed by atoms with van der Waals surface area (Å²) in [6.07, 6.45) is 0. The van der Waals surface area contributed by atoms with E-state index in [1.54, 1.807) is 0 Å². The Balaban J connectivity index is 1.04. The summed E-state index contributed by atoms with van der Waals surface area (Å²) in [5, 5.41) is 11.1. The van der Waals surface area contributed by atoms with Gasteiger partial charge in [0.15, 0.2) is 0 Å². The predicted octanol–water partition coefficient (Wildman–Crippen LogP) is 15.5. The minimum absolute atomic E-state index is 0.864. The van der Waals surface area contributed by atoms with E-state index in [0.29, 0.717) is 0 Å². The minimum Gasteiger partial charge on any atom is -0.456 e. The summed E-state index contributed by atoms with van der Waals surface area (Å²) in [7, 11) is 0. The first kappa shape index (κ1) is 32.0. The first-order valence-corrected chi connectivity index (χ1v) is 19.2. The van der Waals surface area contributed by atoms with Crippen molar-refractivity contribution in [1.29, 1.82) is 0 Å². The largest absolute Gasteiger partial charge is 0.456 e. The van der Waals surface area contributed by atoms with Crippen LogP contribution in [0.25, 0.3) is 87.6 Å². The number of furan rings is 1. The molecule has 0 saturated heterocycles. The molecule has 0 atom stereocenters. The van der Waals surface area contributed by atoms with E-state index in [4.69, 9.17) is 4.42 Å². The Hall–Kier alpha value is -7.42. The van der Waals surface area contributed by atoms with Crippen LogP contribution in [0.4, 0.5) is 17.1 Å².